The Bertz CT molecular complexity index is 412. The maximum absolute atomic E-state index is 5.78. The van der Waals surface area contributed by atoms with E-state index in [2.05, 4.69) is 30.4 Å². The molecule has 1 aromatic rings. The topological polar surface area (TPSA) is 38.0 Å². The van der Waals surface area contributed by atoms with Crippen molar-refractivity contribution in [3.63, 3.8) is 0 Å². The zero-order chi connectivity index (χ0) is 12.3. The number of thioether (sulfide) groups is 1. The van der Waals surface area contributed by atoms with Crippen LogP contribution in [0.15, 0.2) is 18.2 Å². The summed E-state index contributed by atoms with van der Waals surface area (Å²) < 4.78 is 0. The predicted octanol–water partition coefficient (Wildman–Crippen LogP) is 2.94. The van der Waals surface area contributed by atoms with Gasteiger partial charge in [-0.3, -0.25) is 0 Å². The Morgan fingerprint density at radius 1 is 1.41 bits per heavy atom. The first-order chi connectivity index (χ1) is 8.16. The molecular weight excluding hydrogens is 248 g/mol. The molecule has 0 radical (unpaired) electrons. The highest BCUT2D eigenvalue weighted by molar-refractivity contribution is 7.99. The lowest BCUT2D eigenvalue weighted by Gasteiger charge is -2.25. The summed E-state index contributed by atoms with van der Waals surface area (Å²) >= 11 is 7.14. The molecule has 1 aliphatic heterocycles. The summed E-state index contributed by atoms with van der Waals surface area (Å²) in [4.78, 5) is 0.474. The van der Waals surface area contributed by atoms with Crippen LogP contribution in [0.5, 0.6) is 0 Å². The van der Waals surface area contributed by atoms with Gasteiger partial charge in [-0.25, -0.2) is 0 Å². The molecule has 92 valence electrons. The van der Waals surface area contributed by atoms with Crippen molar-refractivity contribution in [3.05, 3.63) is 29.3 Å². The van der Waals surface area contributed by atoms with E-state index in [1.807, 2.05) is 11.8 Å². The summed E-state index contributed by atoms with van der Waals surface area (Å²) in [5.74, 6) is 2.48. The van der Waals surface area contributed by atoms with Crippen LogP contribution in [0.25, 0.3) is 0 Å². The molecule has 0 aromatic heterocycles. The van der Waals surface area contributed by atoms with E-state index < -0.39 is 0 Å². The lowest BCUT2D eigenvalue weighted by Crippen LogP contribution is -2.26. The minimum Gasteiger partial charge on any atom is -0.389 e. The molecule has 0 saturated carbocycles. The number of nitrogens with one attached hydrogen (secondary N) is 1. The van der Waals surface area contributed by atoms with E-state index in [4.69, 9.17) is 18.0 Å². The van der Waals surface area contributed by atoms with E-state index in [0.29, 0.717) is 11.0 Å². The maximum Gasteiger partial charge on any atom is 0.106 e. The highest BCUT2D eigenvalue weighted by Crippen LogP contribution is 2.24. The predicted molar refractivity (Wildman–Crippen MR) is 81.0 cm³/mol. The second kappa shape index (κ2) is 5.74. The molecule has 0 bridgehead atoms. The monoisotopic (exact) mass is 266 g/mol. The van der Waals surface area contributed by atoms with Crippen molar-refractivity contribution < 1.29 is 0 Å². The van der Waals surface area contributed by atoms with Crippen molar-refractivity contribution in [1.29, 1.82) is 0 Å². The van der Waals surface area contributed by atoms with Gasteiger partial charge in [-0.05, 0) is 43.4 Å². The Morgan fingerprint density at radius 2 is 2.12 bits per heavy atom. The van der Waals surface area contributed by atoms with Crippen LogP contribution in [0.2, 0.25) is 0 Å². The zero-order valence-corrected chi connectivity index (χ0v) is 11.7. The van der Waals surface area contributed by atoms with E-state index in [9.17, 15) is 0 Å². The van der Waals surface area contributed by atoms with Gasteiger partial charge in [-0.1, -0.05) is 23.8 Å². The summed E-state index contributed by atoms with van der Waals surface area (Å²) in [5.41, 5.74) is 9.02. The number of rotatable bonds is 3. The van der Waals surface area contributed by atoms with Crippen molar-refractivity contribution in [2.45, 2.75) is 25.8 Å². The number of hydrogen-bond acceptors (Lipinski definition) is 3. The summed E-state index contributed by atoms with van der Waals surface area (Å²) in [6.07, 6.45) is 2.44. The highest BCUT2D eigenvalue weighted by Gasteiger charge is 2.15. The average Bonchev–Trinajstić information content (AvgIpc) is 2.32. The lowest BCUT2D eigenvalue weighted by atomic mass is 10.1. The van der Waals surface area contributed by atoms with Crippen LogP contribution in [-0.2, 0) is 0 Å². The van der Waals surface area contributed by atoms with Crippen molar-refractivity contribution in [2.24, 2.45) is 5.73 Å². The van der Waals surface area contributed by atoms with Gasteiger partial charge in [-0.15, -0.1) is 0 Å². The minimum absolute atomic E-state index is 0.474. The van der Waals surface area contributed by atoms with Crippen molar-refractivity contribution in [2.75, 3.05) is 16.8 Å². The number of anilines is 1. The molecule has 0 spiro atoms. The zero-order valence-electron chi connectivity index (χ0n) is 10.0. The SMILES string of the molecule is Cc1ccc(NC2CCSCC2)c(C(N)=S)c1. The molecule has 1 fully saturated rings. The molecule has 0 amide bonds. The van der Waals surface area contributed by atoms with Gasteiger partial charge < -0.3 is 11.1 Å². The molecule has 2 nitrogen and oxygen atoms in total. The fraction of sp³-hybridized carbons (Fsp3) is 0.462. The van der Waals surface area contributed by atoms with Gasteiger partial charge in [0, 0.05) is 17.3 Å². The molecule has 3 N–H and O–H groups in total. The smallest absolute Gasteiger partial charge is 0.106 e. The molecule has 0 aliphatic carbocycles. The summed E-state index contributed by atoms with van der Waals surface area (Å²) in [6.45, 7) is 2.06. The van der Waals surface area contributed by atoms with Crippen molar-refractivity contribution in [3.8, 4) is 0 Å². The number of aryl methyl sites for hydroxylation is 1. The third-order valence-corrected chi connectivity index (χ3v) is 4.29. The Labute approximate surface area is 112 Å². The largest absolute Gasteiger partial charge is 0.389 e. The van der Waals surface area contributed by atoms with Crippen LogP contribution < -0.4 is 11.1 Å². The summed E-state index contributed by atoms with van der Waals surface area (Å²) in [7, 11) is 0. The van der Waals surface area contributed by atoms with Crippen molar-refractivity contribution in [1.82, 2.24) is 0 Å². The maximum atomic E-state index is 5.78. The van der Waals surface area contributed by atoms with Crippen LogP contribution in [-0.4, -0.2) is 22.5 Å². The van der Waals surface area contributed by atoms with Crippen molar-refractivity contribution >= 4 is 34.7 Å². The van der Waals surface area contributed by atoms with Crippen LogP contribution in [0.1, 0.15) is 24.0 Å². The Hall–Kier alpha value is -0.740. The molecule has 1 heterocycles. The third-order valence-electron chi connectivity index (χ3n) is 3.02. The highest BCUT2D eigenvalue weighted by atomic mass is 32.2. The Balaban J connectivity index is 2.16. The lowest BCUT2D eigenvalue weighted by molar-refractivity contribution is 0.667. The molecule has 2 rings (SSSR count). The van der Waals surface area contributed by atoms with E-state index in [1.54, 1.807) is 0 Å². The summed E-state index contributed by atoms with van der Waals surface area (Å²) in [5, 5.41) is 3.58. The first kappa shape index (κ1) is 12.7. The van der Waals surface area contributed by atoms with Crippen LogP contribution in [0, 0.1) is 6.92 Å². The van der Waals surface area contributed by atoms with E-state index in [1.165, 1.54) is 29.9 Å². The normalized spacial score (nSPS) is 16.8. The first-order valence-electron chi connectivity index (χ1n) is 5.91. The molecule has 0 atom stereocenters. The second-order valence-corrected chi connectivity index (χ2v) is 6.11. The minimum atomic E-state index is 0.474. The average molecular weight is 266 g/mol. The Morgan fingerprint density at radius 3 is 2.76 bits per heavy atom. The first-order valence-corrected chi connectivity index (χ1v) is 7.48. The van der Waals surface area contributed by atoms with Gasteiger partial charge in [0.05, 0.1) is 0 Å². The Kier molecular flexibility index (Phi) is 4.29. The van der Waals surface area contributed by atoms with E-state index in [0.717, 1.165) is 11.3 Å². The van der Waals surface area contributed by atoms with E-state index >= 15 is 0 Å². The molecule has 17 heavy (non-hydrogen) atoms. The molecular formula is C13H18N2S2. The molecule has 0 unspecified atom stereocenters. The number of nitrogens with two attached hydrogens (primary N) is 1. The number of hydrogen-bond donors (Lipinski definition) is 2. The quantitative estimate of drug-likeness (QED) is 0.825. The molecule has 1 saturated heterocycles. The van der Waals surface area contributed by atoms with Crippen LogP contribution in [0.4, 0.5) is 5.69 Å². The standard InChI is InChI=1S/C13H18N2S2/c1-9-2-3-12(11(8-9)13(14)16)15-10-4-6-17-7-5-10/h2-3,8,10,15H,4-7H2,1H3,(H2,14,16). The molecule has 1 aromatic carbocycles. The molecule has 4 heteroatoms. The van der Waals surface area contributed by atoms with Gasteiger partial charge in [0.1, 0.15) is 4.99 Å². The number of thiocarbonyl (C=S) groups is 1. The van der Waals surface area contributed by atoms with Crippen LogP contribution >= 0.6 is 24.0 Å². The van der Waals surface area contributed by atoms with Crippen LogP contribution in [0.3, 0.4) is 0 Å². The van der Waals surface area contributed by atoms with Gasteiger partial charge >= 0.3 is 0 Å². The van der Waals surface area contributed by atoms with Gasteiger partial charge in [-0.2, -0.15) is 11.8 Å². The van der Waals surface area contributed by atoms with E-state index in [-0.39, 0.29) is 0 Å². The van der Waals surface area contributed by atoms with Gasteiger partial charge in [0.2, 0.25) is 0 Å². The third kappa shape index (κ3) is 3.36. The summed E-state index contributed by atoms with van der Waals surface area (Å²) in [6, 6.07) is 6.81. The number of benzene rings is 1. The fourth-order valence-corrected chi connectivity index (χ4v) is 3.33. The fourth-order valence-electron chi connectivity index (χ4n) is 2.05. The van der Waals surface area contributed by atoms with Gasteiger partial charge in [0.25, 0.3) is 0 Å². The molecule has 1 aliphatic rings. The second-order valence-electron chi connectivity index (χ2n) is 4.44. The van der Waals surface area contributed by atoms with Gasteiger partial charge in [0.15, 0.2) is 0 Å².